The lowest BCUT2D eigenvalue weighted by Gasteiger charge is -2.17. The van der Waals surface area contributed by atoms with Crippen LogP contribution in [0.2, 0.25) is 5.02 Å². The van der Waals surface area contributed by atoms with E-state index in [9.17, 15) is 18.0 Å². The molecule has 0 radical (unpaired) electrons. The Morgan fingerprint density at radius 3 is 2.73 bits per heavy atom. The molecule has 26 heavy (non-hydrogen) atoms. The first-order valence-corrected chi connectivity index (χ1v) is 9.83. The third kappa shape index (κ3) is 3.56. The van der Waals surface area contributed by atoms with E-state index in [1.807, 2.05) is 0 Å². The van der Waals surface area contributed by atoms with Crippen LogP contribution in [0.1, 0.15) is 23.0 Å². The molecule has 1 aromatic heterocycles. The van der Waals surface area contributed by atoms with Crippen molar-refractivity contribution in [1.29, 1.82) is 0 Å². The van der Waals surface area contributed by atoms with Gasteiger partial charge in [-0.1, -0.05) is 24.6 Å². The molecule has 1 atom stereocenters. The van der Waals surface area contributed by atoms with Crippen molar-refractivity contribution in [3.05, 3.63) is 58.9 Å². The second kappa shape index (κ2) is 7.05. The lowest BCUT2D eigenvalue weighted by Crippen LogP contribution is -2.31. The molecule has 0 aliphatic carbocycles. The summed E-state index contributed by atoms with van der Waals surface area (Å²) in [6.07, 6.45) is 1.61. The van der Waals surface area contributed by atoms with Crippen molar-refractivity contribution in [2.75, 3.05) is 10.1 Å². The molecule has 1 N–H and O–H groups in total. The summed E-state index contributed by atoms with van der Waals surface area (Å²) in [6, 6.07) is 9.44. The van der Waals surface area contributed by atoms with E-state index in [2.05, 4.69) is 10.3 Å². The number of nitrogens with zero attached hydrogens (tertiary/aromatic N) is 2. The highest BCUT2D eigenvalue weighted by Gasteiger charge is 2.42. The van der Waals surface area contributed by atoms with E-state index in [0.717, 1.165) is 4.31 Å². The molecule has 2 heterocycles. The Morgan fingerprint density at radius 2 is 2.12 bits per heavy atom. The monoisotopic (exact) mass is 393 g/mol. The second-order valence-corrected chi connectivity index (χ2v) is 8.22. The van der Waals surface area contributed by atoms with Crippen LogP contribution >= 0.6 is 11.6 Å². The fourth-order valence-corrected chi connectivity index (χ4v) is 4.68. The second-order valence-electron chi connectivity index (χ2n) is 5.95. The van der Waals surface area contributed by atoms with Gasteiger partial charge < -0.3 is 5.32 Å². The van der Waals surface area contributed by atoms with Crippen molar-refractivity contribution in [3.8, 4) is 0 Å². The number of carbonyl (C=O) groups is 2. The number of sulfonamides is 1. The van der Waals surface area contributed by atoms with Crippen LogP contribution in [-0.4, -0.2) is 31.0 Å². The van der Waals surface area contributed by atoms with Gasteiger partial charge in [-0.2, -0.15) is 0 Å². The fourth-order valence-electron chi connectivity index (χ4n) is 2.67. The molecule has 7 nitrogen and oxygen atoms in total. The van der Waals surface area contributed by atoms with Gasteiger partial charge in [-0.3, -0.25) is 14.6 Å². The molecule has 1 fully saturated rings. The zero-order chi connectivity index (χ0) is 18.9. The van der Waals surface area contributed by atoms with Crippen molar-refractivity contribution in [3.63, 3.8) is 0 Å². The Balaban J connectivity index is 1.86. The number of benzene rings is 1. The van der Waals surface area contributed by atoms with Crippen LogP contribution in [0.4, 0.5) is 5.69 Å². The molecule has 3 rings (SSSR count). The first kappa shape index (κ1) is 18.3. The van der Waals surface area contributed by atoms with Crippen LogP contribution in [0.5, 0.6) is 0 Å². The zero-order valence-electron chi connectivity index (χ0n) is 13.8. The number of carbonyl (C=O) groups excluding carboxylic acids is 2. The van der Waals surface area contributed by atoms with Gasteiger partial charge in [-0.05, 0) is 30.3 Å². The maximum absolute atomic E-state index is 12.4. The van der Waals surface area contributed by atoms with Gasteiger partial charge in [0, 0.05) is 6.20 Å². The normalized spacial score (nSPS) is 18.8. The molecule has 2 amide bonds. The van der Waals surface area contributed by atoms with Crippen LogP contribution in [0.25, 0.3) is 0 Å². The first-order valence-electron chi connectivity index (χ1n) is 7.84. The Labute approximate surface area is 156 Å². The number of nitrogens with one attached hydrogen (secondary N) is 1. The molecule has 1 saturated heterocycles. The van der Waals surface area contributed by atoms with Crippen LogP contribution in [0.15, 0.2) is 42.6 Å². The van der Waals surface area contributed by atoms with Crippen LogP contribution in [-0.2, 0) is 21.4 Å². The maximum atomic E-state index is 12.4. The van der Waals surface area contributed by atoms with Gasteiger partial charge in [0.1, 0.15) is 0 Å². The molecule has 2 aromatic rings. The average molecular weight is 394 g/mol. The summed E-state index contributed by atoms with van der Waals surface area (Å²) < 4.78 is 25.2. The highest BCUT2D eigenvalue weighted by atomic mass is 35.5. The summed E-state index contributed by atoms with van der Waals surface area (Å²) in [5, 5.41) is 2.83. The average Bonchev–Trinajstić information content (AvgIpc) is 2.81. The quantitative estimate of drug-likeness (QED) is 0.856. The number of rotatable bonds is 4. The first-order chi connectivity index (χ1) is 12.3. The summed E-state index contributed by atoms with van der Waals surface area (Å²) in [5.74, 6) is -1.89. The summed E-state index contributed by atoms with van der Waals surface area (Å²) in [5.41, 5.74) is 0.855. The molecule has 0 saturated carbocycles. The van der Waals surface area contributed by atoms with E-state index in [1.54, 1.807) is 31.3 Å². The molecule has 9 heteroatoms. The Morgan fingerprint density at radius 1 is 1.35 bits per heavy atom. The van der Waals surface area contributed by atoms with E-state index in [-0.39, 0.29) is 28.6 Å². The van der Waals surface area contributed by atoms with E-state index < -0.39 is 27.8 Å². The SMILES string of the molecule is CC1CS(=O)(=O)N(c2ccc(Cl)c(C(=O)NCc3ccccn3)c2)C1=O. The molecule has 1 aliphatic heterocycles. The summed E-state index contributed by atoms with van der Waals surface area (Å²) in [4.78, 5) is 28.7. The third-order valence-electron chi connectivity index (χ3n) is 3.95. The molecule has 0 bridgehead atoms. The summed E-state index contributed by atoms with van der Waals surface area (Å²) >= 11 is 6.09. The van der Waals surface area contributed by atoms with E-state index in [1.165, 1.54) is 18.2 Å². The summed E-state index contributed by atoms with van der Waals surface area (Å²) in [7, 11) is -3.75. The number of hydrogen-bond donors (Lipinski definition) is 1. The van der Waals surface area contributed by atoms with Crippen molar-refractivity contribution >= 4 is 39.1 Å². The van der Waals surface area contributed by atoms with Gasteiger partial charge in [0.15, 0.2) is 0 Å². The minimum absolute atomic E-state index is 0.0858. The molecular formula is C17H16ClN3O4S. The van der Waals surface area contributed by atoms with Crippen molar-refractivity contribution < 1.29 is 18.0 Å². The minimum Gasteiger partial charge on any atom is -0.346 e. The van der Waals surface area contributed by atoms with Gasteiger partial charge in [0.25, 0.3) is 5.91 Å². The molecule has 1 aliphatic rings. The Bertz CT molecular complexity index is 963. The highest BCUT2D eigenvalue weighted by molar-refractivity contribution is 7.94. The Kier molecular flexibility index (Phi) is 4.97. The van der Waals surface area contributed by atoms with Gasteiger partial charge in [-0.15, -0.1) is 0 Å². The largest absolute Gasteiger partial charge is 0.346 e. The predicted molar refractivity (Wildman–Crippen MR) is 97.3 cm³/mol. The zero-order valence-corrected chi connectivity index (χ0v) is 15.4. The van der Waals surface area contributed by atoms with Crippen LogP contribution in [0, 0.1) is 5.92 Å². The third-order valence-corrected chi connectivity index (χ3v) is 6.14. The predicted octanol–water partition coefficient (Wildman–Crippen LogP) is 1.98. The number of anilines is 1. The molecule has 136 valence electrons. The molecule has 1 unspecified atom stereocenters. The molecule has 0 spiro atoms. The van der Waals surface area contributed by atoms with Crippen LogP contribution in [0.3, 0.4) is 0 Å². The van der Waals surface area contributed by atoms with Gasteiger partial charge in [0.05, 0.1) is 40.2 Å². The number of aromatic nitrogens is 1. The van der Waals surface area contributed by atoms with Crippen molar-refractivity contribution in [1.82, 2.24) is 10.3 Å². The number of hydrogen-bond acceptors (Lipinski definition) is 5. The fraction of sp³-hybridized carbons (Fsp3) is 0.235. The maximum Gasteiger partial charge on any atom is 0.253 e. The lowest BCUT2D eigenvalue weighted by atomic mass is 10.1. The summed E-state index contributed by atoms with van der Waals surface area (Å²) in [6.45, 7) is 1.74. The van der Waals surface area contributed by atoms with Crippen molar-refractivity contribution in [2.45, 2.75) is 13.5 Å². The van der Waals surface area contributed by atoms with Crippen molar-refractivity contribution in [2.24, 2.45) is 5.92 Å². The van der Waals surface area contributed by atoms with E-state index in [4.69, 9.17) is 11.6 Å². The molecular weight excluding hydrogens is 378 g/mol. The lowest BCUT2D eigenvalue weighted by molar-refractivity contribution is -0.119. The van der Waals surface area contributed by atoms with Gasteiger partial charge in [-0.25, -0.2) is 12.7 Å². The Hall–Kier alpha value is -2.45. The van der Waals surface area contributed by atoms with Gasteiger partial charge in [0.2, 0.25) is 15.9 Å². The van der Waals surface area contributed by atoms with Gasteiger partial charge >= 0.3 is 0 Å². The topological polar surface area (TPSA) is 96.4 Å². The molecule has 1 aromatic carbocycles. The standard InChI is InChI=1S/C17H16ClN3O4S/c1-11-10-26(24,25)21(17(11)23)13-5-6-15(18)14(8-13)16(22)20-9-12-4-2-3-7-19-12/h2-8,11H,9-10H2,1H3,(H,20,22). The number of pyridine rings is 1. The smallest absolute Gasteiger partial charge is 0.253 e. The number of halogens is 1. The highest BCUT2D eigenvalue weighted by Crippen LogP contribution is 2.31. The van der Waals surface area contributed by atoms with E-state index >= 15 is 0 Å². The van der Waals surface area contributed by atoms with E-state index in [0.29, 0.717) is 5.69 Å². The van der Waals surface area contributed by atoms with Crippen LogP contribution < -0.4 is 9.62 Å². The minimum atomic E-state index is -3.75. The number of amides is 2.